The zero-order valence-electron chi connectivity index (χ0n) is 32.2. The lowest BCUT2D eigenvalue weighted by Crippen LogP contribution is -2.28. The van der Waals surface area contributed by atoms with Gasteiger partial charge in [0, 0.05) is 16.7 Å². The van der Waals surface area contributed by atoms with Crippen molar-refractivity contribution in [2.45, 2.75) is 5.41 Å². The molecule has 59 heavy (non-hydrogen) atoms. The topological polar surface area (TPSA) is 38.7 Å². The maximum absolute atomic E-state index is 5.11. The Morgan fingerprint density at radius 1 is 0.271 bits per heavy atom. The van der Waals surface area contributed by atoms with Crippen molar-refractivity contribution in [3.05, 3.63) is 247 Å². The SMILES string of the molecule is c1ccc(-c2nc(-c3ccccc3)nc(-c3cccc(-c4cc5c(cc4-c4cccc6ccccc46)C(c4ccccc4)(c4ccccc4)c4ccccc4-5)c3)n2)cc1. The fraction of sp³-hybridized carbons (Fsp3) is 0.0179. The fourth-order valence-electron chi connectivity index (χ4n) is 9.17. The summed E-state index contributed by atoms with van der Waals surface area (Å²) in [6.45, 7) is 0. The number of hydrogen-bond acceptors (Lipinski definition) is 3. The van der Waals surface area contributed by atoms with Crippen LogP contribution in [0.5, 0.6) is 0 Å². The van der Waals surface area contributed by atoms with E-state index in [9.17, 15) is 0 Å². The van der Waals surface area contributed by atoms with Crippen molar-refractivity contribution in [3.63, 3.8) is 0 Å². The van der Waals surface area contributed by atoms with Gasteiger partial charge in [0.05, 0.1) is 5.41 Å². The normalized spacial score (nSPS) is 12.5. The van der Waals surface area contributed by atoms with E-state index in [1.54, 1.807) is 0 Å². The molecule has 3 heteroatoms. The summed E-state index contributed by atoms with van der Waals surface area (Å²) in [7, 11) is 0. The van der Waals surface area contributed by atoms with Crippen molar-refractivity contribution < 1.29 is 0 Å². The average Bonchev–Trinajstić information content (AvgIpc) is 3.62. The van der Waals surface area contributed by atoms with E-state index in [0.29, 0.717) is 17.5 Å². The third-order valence-corrected chi connectivity index (χ3v) is 11.8. The molecule has 0 atom stereocenters. The molecular weight excluding hydrogens is 715 g/mol. The summed E-state index contributed by atoms with van der Waals surface area (Å²) < 4.78 is 0. The second-order valence-electron chi connectivity index (χ2n) is 15.1. The van der Waals surface area contributed by atoms with Crippen LogP contribution >= 0.6 is 0 Å². The summed E-state index contributed by atoms with van der Waals surface area (Å²) >= 11 is 0. The lowest BCUT2D eigenvalue weighted by molar-refractivity contribution is 0.769. The molecule has 0 unspecified atom stereocenters. The van der Waals surface area contributed by atoms with Gasteiger partial charge in [-0.2, -0.15) is 0 Å². The van der Waals surface area contributed by atoms with E-state index in [1.165, 1.54) is 55.3 Å². The third kappa shape index (κ3) is 5.78. The highest BCUT2D eigenvalue weighted by molar-refractivity contribution is 6.03. The van der Waals surface area contributed by atoms with Gasteiger partial charge in [0.1, 0.15) is 0 Å². The first kappa shape index (κ1) is 34.5. The predicted octanol–water partition coefficient (Wildman–Crippen LogP) is 13.7. The van der Waals surface area contributed by atoms with Crippen molar-refractivity contribution in [3.8, 4) is 67.5 Å². The van der Waals surface area contributed by atoms with Crippen LogP contribution in [0.4, 0.5) is 0 Å². The van der Waals surface area contributed by atoms with E-state index in [4.69, 9.17) is 15.0 Å². The summed E-state index contributed by atoms with van der Waals surface area (Å²) in [5.41, 5.74) is 14.4. The largest absolute Gasteiger partial charge is 0.208 e. The second-order valence-corrected chi connectivity index (χ2v) is 15.1. The first-order valence-electron chi connectivity index (χ1n) is 20.1. The zero-order valence-corrected chi connectivity index (χ0v) is 32.2. The standard InChI is InChI=1S/C56H37N3/c1-5-20-39(21-6-1)53-57-54(40-22-7-2-8-23-40)59-55(58-53)42-26-17-25-41(35-42)48-36-50-47-32-15-16-34-51(47)56(43-27-9-3-10-28-43,44-29-11-4-12-30-44)52(50)37-49(48)46-33-18-24-38-19-13-14-31-45(38)46/h1-37H. The molecule has 11 rings (SSSR count). The molecule has 10 aromatic rings. The van der Waals surface area contributed by atoms with Crippen molar-refractivity contribution >= 4 is 10.8 Å². The van der Waals surface area contributed by atoms with Gasteiger partial charge < -0.3 is 0 Å². The lowest BCUT2D eigenvalue weighted by Gasteiger charge is -2.34. The van der Waals surface area contributed by atoms with E-state index >= 15 is 0 Å². The molecule has 1 aromatic heterocycles. The molecule has 1 heterocycles. The van der Waals surface area contributed by atoms with Gasteiger partial charge in [0.15, 0.2) is 17.5 Å². The molecule has 0 spiro atoms. The Bertz CT molecular complexity index is 3040. The number of fused-ring (bicyclic) bond motifs is 4. The van der Waals surface area contributed by atoms with E-state index < -0.39 is 5.41 Å². The maximum Gasteiger partial charge on any atom is 0.164 e. The minimum absolute atomic E-state index is 0.527. The summed E-state index contributed by atoms with van der Waals surface area (Å²) in [5.74, 6) is 1.91. The molecule has 0 amide bonds. The van der Waals surface area contributed by atoms with Gasteiger partial charge >= 0.3 is 0 Å². The minimum Gasteiger partial charge on any atom is -0.208 e. The van der Waals surface area contributed by atoms with Gasteiger partial charge in [-0.3, -0.25) is 0 Å². The number of nitrogens with zero attached hydrogens (tertiary/aromatic N) is 3. The first-order valence-corrected chi connectivity index (χ1v) is 20.1. The number of aromatic nitrogens is 3. The highest BCUT2D eigenvalue weighted by Gasteiger charge is 2.46. The monoisotopic (exact) mass is 751 g/mol. The Morgan fingerprint density at radius 3 is 1.41 bits per heavy atom. The van der Waals surface area contributed by atoms with Crippen LogP contribution in [0.3, 0.4) is 0 Å². The Kier molecular flexibility index (Phi) is 8.37. The predicted molar refractivity (Wildman–Crippen MR) is 242 cm³/mol. The third-order valence-electron chi connectivity index (χ3n) is 11.8. The van der Waals surface area contributed by atoms with Crippen LogP contribution in [0.15, 0.2) is 224 Å². The van der Waals surface area contributed by atoms with Crippen molar-refractivity contribution in [2.24, 2.45) is 0 Å². The van der Waals surface area contributed by atoms with E-state index in [0.717, 1.165) is 27.8 Å². The summed E-state index contributed by atoms with van der Waals surface area (Å²) in [6.07, 6.45) is 0. The Balaban J connectivity index is 1.19. The number of benzene rings is 9. The van der Waals surface area contributed by atoms with Gasteiger partial charge in [-0.15, -0.1) is 0 Å². The van der Waals surface area contributed by atoms with E-state index in [2.05, 4.69) is 164 Å². The maximum atomic E-state index is 5.11. The number of rotatable bonds is 7. The van der Waals surface area contributed by atoms with Crippen molar-refractivity contribution in [1.29, 1.82) is 0 Å². The molecule has 0 saturated carbocycles. The molecule has 3 nitrogen and oxygen atoms in total. The lowest BCUT2D eigenvalue weighted by atomic mass is 9.67. The van der Waals surface area contributed by atoms with Gasteiger partial charge in [0.2, 0.25) is 0 Å². The van der Waals surface area contributed by atoms with Crippen LogP contribution in [0.1, 0.15) is 22.3 Å². The van der Waals surface area contributed by atoms with Crippen LogP contribution in [0.25, 0.3) is 78.3 Å². The molecule has 1 aliphatic carbocycles. The van der Waals surface area contributed by atoms with Crippen LogP contribution in [0, 0.1) is 0 Å². The summed E-state index contributed by atoms with van der Waals surface area (Å²) in [4.78, 5) is 15.2. The van der Waals surface area contributed by atoms with Crippen LogP contribution in [-0.2, 0) is 5.41 Å². The van der Waals surface area contributed by atoms with Gasteiger partial charge in [0.25, 0.3) is 0 Å². The van der Waals surface area contributed by atoms with Gasteiger partial charge in [-0.25, -0.2) is 15.0 Å². The molecule has 276 valence electrons. The quantitative estimate of drug-likeness (QED) is 0.163. The van der Waals surface area contributed by atoms with Gasteiger partial charge in [-0.1, -0.05) is 206 Å². The molecule has 0 bridgehead atoms. The molecular formula is C56H37N3. The number of hydrogen-bond donors (Lipinski definition) is 0. The fourth-order valence-corrected chi connectivity index (χ4v) is 9.17. The second kappa shape index (κ2) is 14.3. The van der Waals surface area contributed by atoms with E-state index in [-0.39, 0.29) is 0 Å². The van der Waals surface area contributed by atoms with Crippen LogP contribution in [0.2, 0.25) is 0 Å². The van der Waals surface area contributed by atoms with Crippen molar-refractivity contribution in [2.75, 3.05) is 0 Å². The zero-order chi connectivity index (χ0) is 39.2. The molecule has 0 saturated heterocycles. The molecule has 1 aliphatic rings. The van der Waals surface area contributed by atoms with Crippen LogP contribution < -0.4 is 0 Å². The molecule has 0 N–H and O–H groups in total. The smallest absolute Gasteiger partial charge is 0.164 e. The van der Waals surface area contributed by atoms with Gasteiger partial charge in [-0.05, 0) is 84.6 Å². The highest BCUT2D eigenvalue weighted by atomic mass is 15.0. The first-order chi connectivity index (χ1) is 29.3. The molecule has 9 aromatic carbocycles. The highest BCUT2D eigenvalue weighted by Crippen LogP contribution is 2.58. The summed E-state index contributed by atoms with van der Waals surface area (Å²) in [6, 6.07) is 80.3. The van der Waals surface area contributed by atoms with E-state index in [1.807, 2.05) is 60.7 Å². The Labute approximate surface area is 344 Å². The van der Waals surface area contributed by atoms with Crippen molar-refractivity contribution in [1.82, 2.24) is 15.0 Å². The molecule has 0 aliphatic heterocycles. The Hall–Kier alpha value is -7.75. The molecule has 0 radical (unpaired) electrons. The minimum atomic E-state index is -0.527. The summed E-state index contributed by atoms with van der Waals surface area (Å²) in [5, 5.41) is 2.42. The molecule has 0 fully saturated rings. The Morgan fingerprint density at radius 2 is 0.746 bits per heavy atom. The van der Waals surface area contributed by atoms with Crippen LogP contribution in [-0.4, -0.2) is 15.0 Å². The average molecular weight is 752 g/mol.